The molecule has 0 saturated carbocycles. The largest absolute Gasteiger partial charge is 0.381 e. The Morgan fingerprint density at radius 2 is 2.27 bits per heavy atom. The Morgan fingerprint density at radius 1 is 1.45 bits per heavy atom. The first-order chi connectivity index (χ1) is 5.34. The maximum atomic E-state index is 10.2. The minimum Gasteiger partial charge on any atom is -0.381 e. The van der Waals surface area contributed by atoms with Gasteiger partial charge in [0.05, 0.1) is 0 Å². The Kier molecular flexibility index (Phi) is 3.30. The zero-order chi connectivity index (χ0) is 8.10. The van der Waals surface area contributed by atoms with Crippen molar-refractivity contribution in [3.05, 3.63) is 11.6 Å². The van der Waals surface area contributed by atoms with Gasteiger partial charge in [-0.1, -0.05) is 12.5 Å². The quantitative estimate of drug-likeness (QED) is 0.482. The predicted octanol–water partition coefficient (Wildman–Crippen LogP) is 1.44. The highest BCUT2D eigenvalue weighted by Gasteiger charge is 2.10. The molecule has 0 fully saturated rings. The van der Waals surface area contributed by atoms with Crippen LogP contribution in [0.3, 0.4) is 0 Å². The van der Waals surface area contributed by atoms with Gasteiger partial charge in [0.2, 0.25) is 0 Å². The average Bonchev–Trinajstić information content (AvgIpc) is 2.30. The Labute approximate surface area is 66.9 Å². The lowest BCUT2D eigenvalue weighted by Gasteiger charge is -2.05. The van der Waals surface area contributed by atoms with Gasteiger partial charge in [0, 0.05) is 0 Å². The maximum absolute atomic E-state index is 10.2. The zero-order valence-electron chi connectivity index (χ0n) is 6.62. The SMILES string of the molecule is O=CC(O)C1=CCCCCC1. The fourth-order valence-electron chi connectivity index (χ4n) is 1.40. The first-order valence-electron chi connectivity index (χ1n) is 4.17. The normalized spacial score (nSPS) is 21.7. The molecule has 62 valence electrons. The van der Waals surface area contributed by atoms with E-state index in [1.807, 2.05) is 6.08 Å². The standard InChI is InChI=1S/C9H14O2/c10-7-9(11)8-5-3-1-2-4-6-8/h5,7,9,11H,1-4,6H2. The highest BCUT2D eigenvalue weighted by atomic mass is 16.3. The maximum Gasteiger partial charge on any atom is 0.152 e. The van der Waals surface area contributed by atoms with Crippen LogP contribution in [0.15, 0.2) is 11.6 Å². The van der Waals surface area contributed by atoms with Gasteiger partial charge in [-0.15, -0.1) is 0 Å². The Bertz CT molecular complexity index is 161. The number of aliphatic hydroxyl groups excluding tert-OH is 1. The molecule has 1 rings (SSSR count). The molecule has 0 aromatic rings. The van der Waals surface area contributed by atoms with Gasteiger partial charge in [-0.2, -0.15) is 0 Å². The molecule has 1 aliphatic rings. The third kappa shape index (κ3) is 2.46. The first-order valence-corrected chi connectivity index (χ1v) is 4.17. The van der Waals surface area contributed by atoms with Crippen molar-refractivity contribution in [1.82, 2.24) is 0 Å². The number of aldehydes is 1. The van der Waals surface area contributed by atoms with Crippen LogP contribution in [0.2, 0.25) is 0 Å². The monoisotopic (exact) mass is 154 g/mol. The van der Waals surface area contributed by atoms with E-state index in [-0.39, 0.29) is 0 Å². The molecule has 2 heteroatoms. The van der Waals surface area contributed by atoms with Crippen LogP contribution >= 0.6 is 0 Å². The molecule has 0 amide bonds. The van der Waals surface area contributed by atoms with E-state index in [0.29, 0.717) is 6.29 Å². The summed E-state index contributed by atoms with van der Waals surface area (Å²) in [4.78, 5) is 10.2. The van der Waals surface area contributed by atoms with Crippen LogP contribution in [0, 0.1) is 0 Å². The molecule has 1 atom stereocenters. The molecule has 0 aromatic heterocycles. The van der Waals surface area contributed by atoms with Gasteiger partial charge in [-0.3, -0.25) is 0 Å². The first kappa shape index (κ1) is 8.47. The van der Waals surface area contributed by atoms with Crippen molar-refractivity contribution in [3.63, 3.8) is 0 Å². The average molecular weight is 154 g/mol. The van der Waals surface area contributed by atoms with Crippen LogP contribution in [-0.4, -0.2) is 17.5 Å². The summed E-state index contributed by atoms with van der Waals surface area (Å²) in [6.45, 7) is 0. The van der Waals surface area contributed by atoms with Gasteiger partial charge in [0.15, 0.2) is 6.29 Å². The van der Waals surface area contributed by atoms with Crippen LogP contribution in [0.25, 0.3) is 0 Å². The second-order valence-electron chi connectivity index (χ2n) is 2.96. The number of hydrogen-bond donors (Lipinski definition) is 1. The Hall–Kier alpha value is -0.630. The molecule has 2 nitrogen and oxygen atoms in total. The van der Waals surface area contributed by atoms with Crippen LogP contribution < -0.4 is 0 Å². The highest BCUT2D eigenvalue weighted by molar-refractivity contribution is 5.61. The minimum absolute atomic E-state index is 0.608. The Morgan fingerprint density at radius 3 is 3.00 bits per heavy atom. The highest BCUT2D eigenvalue weighted by Crippen LogP contribution is 2.18. The van der Waals surface area contributed by atoms with Crippen molar-refractivity contribution in [2.75, 3.05) is 0 Å². The third-order valence-corrected chi connectivity index (χ3v) is 2.08. The van der Waals surface area contributed by atoms with E-state index in [2.05, 4.69) is 0 Å². The topological polar surface area (TPSA) is 37.3 Å². The van der Waals surface area contributed by atoms with E-state index >= 15 is 0 Å². The second kappa shape index (κ2) is 4.29. The lowest BCUT2D eigenvalue weighted by atomic mass is 10.1. The molecular formula is C9H14O2. The zero-order valence-corrected chi connectivity index (χ0v) is 6.62. The van der Waals surface area contributed by atoms with Gasteiger partial charge < -0.3 is 9.90 Å². The van der Waals surface area contributed by atoms with Crippen molar-refractivity contribution in [1.29, 1.82) is 0 Å². The van der Waals surface area contributed by atoms with E-state index in [9.17, 15) is 9.90 Å². The molecule has 0 bridgehead atoms. The fourth-order valence-corrected chi connectivity index (χ4v) is 1.40. The van der Waals surface area contributed by atoms with Gasteiger partial charge in [0.1, 0.15) is 6.10 Å². The summed E-state index contributed by atoms with van der Waals surface area (Å²) < 4.78 is 0. The molecule has 0 saturated heterocycles. The number of allylic oxidation sites excluding steroid dienone is 1. The van der Waals surface area contributed by atoms with Crippen molar-refractivity contribution in [2.45, 2.75) is 38.2 Å². The summed E-state index contributed by atoms with van der Waals surface area (Å²) in [5.41, 5.74) is 0.914. The molecule has 0 heterocycles. The summed E-state index contributed by atoms with van der Waals surface area (Å²) in [6.07, 6.45) is 7.19. The fraction of sp³-hybridized carbons (Fsp3) is 0.667. The van der Waals surface area contributed by atoms with Crippen molar-refractivity contribution in [3.8, 4) is 0 Å². The summed E-state index contributed by atoms with van der Waals surface area (Å²) in [7, 11) is 0. The lowest BCUT2D eigenvalue weighted by molar-refractivity contribution is -0.113. The Balaban J connectivity index is 2.52. The predicted molar refractivity (Wildman–Crippen MR) is 43.2 cm³/mol. The summed E-state index contributed by atoms with van der Waals surface area (Å²) in [5, 5.41) is 9.17. The molecule has 1 N–H and O–H groups in total. The van der Waals surface area contributed by atoms with E-state index in [1.54, 1.807) is 0 Å². The number of carbonyl (C=O) groups is 1. The molecule has 0 spiro atoms. The van der Waals surface area contributed by atoms with Crippen LogP contribution in [0.5, 0.6) is 0 Å². The molecule has 0 aromatic carbocycles. The van der Waals surface area contributed by atoms with Crippen molar-refractivity contribution in [2.24, 2.45) is 0 Å². The molecule has 0 aliphatic heterocycles. The minimum atomic E-state index is -0.840. The second-order valence-corrected chi connectivity index (χ2v) is 2.96. The van der Waals surface area contributed by atoms with Crippen LogP contribution in [0.4, 0.5) is 0 Å². The van der Waals surface area contributed by atoms with Crippen molar-refractivity contribution >= 4 is 6.29 Å². The number of carbonyl (C=O) groups excluding carboxylic acids is 1. The summed E-state index contributed by atoms with van der Waals surface area (Å²) >= 11 is 0. The van der Waals surface area contributed by atoms with E-state index in [4.69, 9.17) is 0 Å². The lowest BCUT2D eigenvalue weighted by Crippen LogP contribution is -2.11. The summed E-state index contributed by atoms with van der Waals surface area (Å²) in [5.74, 6) is 0. The molecule has 1 unspecified atom stereocenters. The summed E-state index contributed by atoms with van der Waals surface area (Å²) in [6, 6.07) is 0. The van der Waals surface area contributed by atoms with E-state index in [0.717, 1.165) is 24.8 Å². The van der Waals surface area contributed by atoms with E-state index < -0.39 is 6.10 Å². The number of hydrogen-bond acceptors (Lipinski definition) is 2. The smallest absolute Gasteiger partial charge is 0.152 e. The van der Waals surface area contributed by atoms with Crippen LogP contribution in [0.1, 0.15) is 32.1 Å². The van der Waals surface area contributed by atoms with Gasteiger partial charge >= 0.3 is 0 Å². The molecule has 0 radical (unpaired) electrons. The third-order valence-electron chi connectivity index (χ3n) is 2.08. The van der Waals surface area contributed by atoms with Gasteiger partial charge in [0.25, 0.3) is 0 Å². The number of rotatable bonds is 2. The molecule has 1 aliphatic carbocycles. The number of aliphatic hydroxyl groups is 1. The van der Waals surface area contributed by atoms with Crippen molar-refractivity contribution < 1.29 is 9.90 Å². The molecular weight excluding hydrogens is 140 g/mol. The van der Waals surface area contributed by atoms with Crippen LogP contribution in [-0.2, 0) is 4.79 Å². The molecule has 11 heavy (non-hydrogen) atoms. The van der Waals surface area contributed by atoms with Gasteiger partial charge in [-0.05, 0) is 31.3 Å². The van der Waals surface area contributed by atoms with E-state index in [1.165, 1.54) is 12.8 Å². The van der Waals surface area contributed by atoms with Gasteiger partial charge in [-0.25, -0.2) is 0 Å².